The summed E-state index contributed by atoms with van der Waals surface area (Å²) in [5, 5.41) is 1.32. The van der Waals surface area contributed by atoms with Gasteiger partial charge in [-0.2, -0.15) is 12.6 Å². The van der Waals surface area contributed by atoms with Crippen molar-refractivity contribution >= 4 is 27.2 Å². The summed E-state index contributed by atoms with van der Waals surface area (Å²) in [4.78, 5) is 0. The fourth-order valence-corrected chi connectivity index (χ4v) is 2.98. The van der Waals surface area contributed by atoms with Gasteiger partial charge in [-0.1, -0.05) is 67.5 Å². The van der Waals surface area contributed by atoms with Crippen molar-refractivity contribution in [2.45, 2.75) is 85.8 Å². The van der Waals surface area contributed by atoms with Crippen molar-refractivity contribution in [3.05, 3.63) is 28.8 Å². The summed E-state index contributed by atoms with van der Waals surface area (Å²) >= 11 is 4.73. The van der Waals surface area contributed by atoms with E-state index in [2.05, 4.69) is 62.9 Å². The summed E-state index contributed by atoms with van der Waals surface area (Å²) in [6.45, 7) is 21.3. The van der Waals surface area contributed by atoms with Crippen molar-refractivity contribution in [3.63, 3.8) is 0 Å². The highest BCUT2D eigenvalue weighted by molar-refractivity contribution is 7.81. The second-order valence-corrected chi connectivity index (χ2v) is 7.95. The minimum absolute atomic E-state index is 0.0950. The first-order chi connectivity index (χ1) is 9.57. The summed E-state index contributed by atoms with van der Waals surface area (Å²) in [6, 6.07) is 4.65. The van der Waals surface area contributed by atoms with Crippen molar-refractivity contribution in [2.24, 2.45) is 0 Å². The molecule has 1 rings (SSSR count). The summed E-state index contributed by atoms with van der Waals surface area (Å²) in [5.41, 5.74) is 4.34. The predicted octanol–water partition coefficient (Wildman–Crippen LogP) is 6.26. The number of benzene rings is 1. The van der Waals surface area contributed by atoms with Crippen LogP contribution in [0.5, 0.6) is 0 Å². The summed E-state index contributed by atoms with van der Waals surface area (Å²) in [6.07, 6.45) is 1.07. The molecule has 2 heteroatoms. The van der Waals surface area contributed by atoms with Crippen LogP contribution in [0.1, 0.15) is 85.9 Å². The molecule has 1 aromatic carbocycles. The largest absolute Gasteiger partial charge is 0.168 e. The van der Waals surface area contributed by atoms with Crippen LogP contribution in [0.25, 0.3) is 0 Å². The van der Waals surface area contributed by atoms with Gasteiger partial charge in [-0.25, -0.2) is 0 Å². The Morgan fingerprint density at radius 2 is 1.38 bits per heavy atom. The number of hydrogen-bond donors (Lipinski definition) is 1. The van der Waals surface area contributed by atoms with E-state index in [4.69, 9.17) is 12.6 Å². The van der Waals surface area contributed by atoms with Gasteiger partial charge in [0.2, 0.25) is 0 Å². The molecule has 0 radical (unpaired) electrons. The standard InChI is InChI=1S/C15H25PS.2C2H6/c1-7-10-8-11(14(2,3)4)9-12(13(10)16)15(5,6)17;2*1-2/h8-9,17H,7,16H2,1-6H3;2*1-2H3. The van der Waals surface area contributed by atoms with Gasteiger partial charge in [-0.15, -0.1) is 9.24 Å². The van der Waals surface area contributed by atoms with Crippen molar-refractivity contribution in [1.29, 1.82) is 0 Å². The second kappa shape index (κ2) is 9.90. The van der Waals surface area contributed by atoms with Crippen molar-refractivity contribution < 1.29 is 0 Å². The Balaban J connectivity index is 0. The van der Waals surface area contributed by atoms with Crippen LogP contribution >= 0.6 is 21.9 Å². The first-order valence-corrected chi connectivity index (χ1v) is 9.25. The first-order valence-electron chi connectivity index (χ1n) is 8.23. The zero-order chi connectivity index (χ0) is 17.4. The predicted molar refractivity (Wildman–Crippen MR) is 109 cm³/mol. The van der Waals surface area contributed by atoms with Crippen LogP contribution in [0, 0.1) is 0 Å². The van der Waals surface area contributed by atoms with Crippen molar-refractivity contribution in [1.82, 2.24) is 0 Å². The molecule has 0 N–H and O–H groups in total. The number of thiol groups is 1. The molecule has 0 saturated carbocycles. The van der Waals surface area contributed by atoms with Gasteiger partial charge in [0.25, 0.3) is 0 Å². The van der Waals surface area contributed by atoms with E-state index in [1.54, 1.807) is 0 Å². The molecule has 1 unspecified atom stereocenters. The average Bonchev–Trinajstić information content (AvgIpc) is 2.41. The fraction of sp³-hybridized carbons (Fsp3) is 0.684. The third-order valence-corrected chi connectivity index (χ3v) is 4.09. The SMILES string of the molecule is CC.CC.CCc1cc(C(C)(C)C)cc(C(C)(C)S)c1P. The molecule has 0 amide bonds. The highest BCUT2D eigenvalue weighted by atomic mass is 32.1. The summed E-state index contributed by atoms with van der Waals surface area (Å²) in [7, 11) is 2.89. The van der Waals surface area contributed by atoms with E-state index in [-0.39, 0.29) is 10.2 Å². The van der Waals surface area contributed by atoms with Crippen LogP contribution in [-0.2, 0) is 16.6 Å². The van der Waals surface area contributed by atoms with Crippen molar-refractivity contribution in [3.8, 4) is 0 Å². The zero-order valence-electron chi connectivity index (χ0n) is 15.9. The molecule has 0 aromatic heterocycles. The minimum atomic E-state index is -0.0950. The van der Waals surface area contributed by atoms with Gasteiger partial charge >= 0.3 is 0 Å². The van der Waals surface area contributed by atoms with Gasteiger partial charge in [0.1, 0.15) is 0 Å². The molecule has 0 aliphatic heterocycles. The van der Waals surface area contributed by atoms with Gasteiger partial charge < -0.3 is 0 Å². The van der Waals surface area contributed by atoms with Gasteiger partial charge in [0, 0.05) is 4.75 Å². The van der Waals surface area contributed by atoms with Crippen LogP contribution in [0.4, 0.5) is 0 Å². The maximum absolute atomic E-state index is 4.73. The lowest BCUT2D eigenvalue weighted by Crippen LogP contribution is -2.23. The molecule has 0 spiro atoms. The Morgan fingerprint density at radius 1 is 0.952 bits per heavy atom. The smallest absolute Gasteiger partial charge is 0.0328 e. The van der Waals surface area contributed by atoms with Gasteiger partial charge in [-0.05, 0) is 47.7 Å². The molecule has 21 heavy (non-hydrogen) atoms. The van der Waals surface area contributed by atoms with Gasteiger partial charge in [-0.3, -0.25) is 0 Å². The molecule has 0 saturated heterocycles. The maximum Gasteiger partial charge on any atom is 0.0328 e. The number of rotatable bonds is 2. The molecule has 0 heterocycles. The molecule has 0 fully saturated rings. The van der Waals surface area contributed by atoms with E-state index in [0.29, 0.717) is 0 Å². The van der Waals surface area contributed by atoms with Gasteiger partial charge in [0.05, 0.1) is 0 Å². The van der Waals surface area contributed by atoms with Gasteiger partial charge in [0.15, 0.2) is 0 Å². The highest BCUT2D eigenvalue weighted by Crippen LogP contribution is 2.32. The van der Waals surface area contributed by atoms with E-state index in [0.717, 1.165) is 6.42 Å². The Kier molecular flexibility index (Phi) is 11.0. The third kappa shape index (κ3) is 7.20. The zero-order valence-corrected chi connectivity index (χ0v) is 17.9. The first kappa shape index (κ1) is 23.3. The van der Waals surface area contributed by atoms with E-state index < -0.39 is 0 Å². The van der Waals surface area contributed by atoms with E-state index in [1.165, 1.54) is 22.0 Å². The second-order valence-electron chi connectivity index (χ2n) is 6.26. The van der Waals surface area contributed by atoms with E-state index >= 15 is 0 Å². The molecule has 124 valence electrons. The summed E-state index contributed by atoms with van der Waals surface area (Å²) in [5.74, 6) is 0. The fourth-order valence-electron chi connectivity index (χ4n) is 1.95. The lowest BCUT2D eigenvalue weighted by atomic mass is 9.83. The molecule has 0 aliphatic rings. The monoisotopic (exact) mass is 328 g/mol. The lowest BCUT2D eigenvalue weighted by Gasteiger charge is -2.27. The average molecular weight is 329 g/mol. The topological polar surface area (TPSA) is 0 Å². The van der Waals surface area contributed by atoms with Crippen LogP contribution in [0.15, 0.2) is 12.1 Å². The number of hydrogen-bond acceptors (Lipinski definition) is 1. The molecule has 0 nitrogen and oxygen atoms in total. The lowest BCUT2D eigenvalue weighted by molar-refractivity contribution is 0.587. The minimum Gasteiger partial charge on any atom is -0.168 e. The molecule has 1 aromatic rings. The maximum atomic E-state index is 4.73. The highest BCUT2D eigenvalue weighted by Gasteiger charge is 2.23. The van der Waals surface area contributed by atoms with Crippen molar-refractivity contribution in [2.75, 3.05) is 0 Å². The molecule has 0 bridgehead atoms. The number of aryl methyl sites for hydroxylation is 1. The Hall–Kier alpha value is -0.0000000000000000555. The summed E-state index contributed by atoms with van der Waals surface area (Å²) < 4.78 is -0.0950. The van der Waals surface area contributed by atoms with E-state index in [1.807, 2.05) is 27.7 Å². The Morgan fingerprint density at radius 3 is 1.67 bits per heavy atom. The van der Waals surface area contributed by atoms with Crippen LogP contribution < -0.4 is 5.30 Å². The van der Waals surface area contributed by atoms with E-state index in [9.17, 15) is 0 Å². The normalized spacial score (nSPS) is 11.0. The molecule has 1 atom stereocenters. The van der Waals surface area contributed by atoms with Crippen LogP contribution in [0.2, 0.25) is 0 Å². The third-order valence-electron chi connectivity index (χ3n) is 3.17. The Bertz CT molecular complexity index is 409. The molecule has 0 aliphatic carbocycles. The Labute approximate surface area is 142 Å². The molecular formula is C19H37PS. The molecular weight excluding hydrogens is 291 g/mol. The quantitative estimate of drug-likeness (QED) is 0.480. The van der Waals surface area contributed by atoms with Crippen LogP contribution in [-0.4, -0.2) is 0 Å². The van der Waals surface area contributed by atoms with Crippen LogP contribution in [0.3, 0.4) is 0 Å².